The third-order valence-corrected chi connectivity index (χ3v) is 10.9. The quantitative estimate of drug-likeness (QED) is 0.177. The third-order valence-electron chi connectivity index (χ3n) is 9.99. The number of para-hydroxylation sites is 2. The van der Waals surface area contributed by atoms with Crippen molar-refractivity contribution in [2.75, 3.05) is 4.90 Å². The van der Waals surface area contributed by atoms with Crippen molar-refractivity contribution in [3.05, 3.63) is 139 Å². The summed E-state index contributed by atoms with van der Waals surface area (Å²) in [7, 11) is 0. The topological polar surface area (TPSA) is 8.17 Å². The van der Waals surface area contributed by atoms with Crippen molar-refractivity contribution in [3.8, 4) is 11.1 Å². The van der Waals surface area contributed by atoms with Gasteiger partial charge in [0, 0.05) is 38.7 Å². The highest BCUT2D eigenvalue weighted by atomic mass is 32.1. The molecule has 4 heteroatoms. The van der Waals surface area contributed by atoms with Crippen LogP contribution in [0, 0.1) is 0 Å². The molecule has 202 valence electrons. The lowest BCUT2D eigenvalue weighted by molar-refractivity contribution is 1.27. The van der Waals surface area contributed by atoms with Gasteiger partial charge in [-0.25, -0.2) is 0 Å². The number of aromatic nitrogens is 1. The van der Waals surface area contributed by atoms with Crippen molar-refractivity contribution < 1.29 is 0 Å². The molecule has 44 heavy (non-hydrogen) atoms. The molecule has 7 aromatic carbocycles. The minimum atomic E-state index is 0.0432. The number of thiophene rings is 1. The van der Waals surface area contributed by atoms with Gasteiger partial charge in [0.2, 0.25) is 0 Å². The summed E-state index contributed by atoms with van der Waals surface area (Å²) in [6.07, 6.45) is 0. The van der Waals surface area contributed by atoms with Crippen LogP contribution >= 0.6 is 11.3 Å². The Kier molecular flexibility index (Phi) is 4.32. The maximum Gasteiger partial charge on any atom is 0.333 e. The molecule has 4 heterocycles. The van der Waals surface area contributed by atoms with Crippen LogP contribution in [0.25, 0.3) is 64.6 Å². The van der Waals surface area contributed by atoms with Crippen molar-refractivity contribution in [2.45, 2.75) is 0 Å². The number of rotatable bonds is 1. The third kappa shape index (κ3) is 2.78. The van der Waals surface area contributed by atoms with Crippen LogP contribution < -0.4 is 15.8 Å². The molecule has 11 rings (SSSR count). The van der Waals surface area contributed by atoms with Crippen LogP contribution in [-0.2, 0) is 0 Å². The van der Waals surface area contributed by atoms with E-state index in [0.29, 0.717) is 0 Å². The first-order chi connectivity index (χ1) is 21.8. The summed E-state index contributed by atoms with van der Waals surface area (Å²) in [5.41, 5.74) is 11.8. The molecule has 0 fully saturated rings. The van der Waals surface area contributed by atoms with Crippen LogP contribution in [0.2, 0.25) is 0 Å². The van der Waals surface area contributed by atoms with E-state index in [4.69, 9.17) is 0 Å². The molecule has 0 saturated carbocycles. The average Bonchev–Trinajstić information content (AvgIpc) is 3.69. The molecule has 0 unspecified atom stereocenters. The lowest BCUT2D eigenvalue weighted by Gasteiger charge is -2.41. The average molecular weight is 575 g/mol. The van der Waals surface area contributed by atoms with E-state index in [9.17, 15) is 0 Å². The van der Waals surface area contributed by atoms with Gasteiger partial charge in [-0.3, -0.25) is 0 Å². The van der Waals surface area contributed by atoms with Crippen molar-refractivity contribution in [2.24, 2.45) is 0 Å². The molecule has 0 bridgehead atoms. The first kappa shape index (κ1) is 23.2. The van der Waals surface area contributed by atoms with Crippen molar-refractivity contribution in [1.29, 1.82) is 0 Å². The van der Waals surface area contributed by atoms with Gasteiger partial charge in [-0.15, -0.1) is 11.3 Å². The van der Waals surface area contributed by atoms with Crippen LogP contribution in [0.5, 0.6) is 0 Å². The summed E-state index contributed by atoms with van der Waals surface area (Å²) in [6, 6.07) is 49.9. The molecule has 0 atom stereocenters. The molecule has 0 radical (unpaired) electrons. The Morgan fingerprint density at radius 2 is 1.30 bits per heavy atom. The molecular weight excluding hydrogens is 551 g/mol. The second-order valence-corrected chi connectivity index (χ2v) is 13.0. The maximum absolute atomic E-state index is 2.66. The van der Waals surface area contributed by atoms with E-state index < -0.39 is 0 Å². The minimum Gasteiger partial charge on any atom is -0.375 e. The molecule has 0 spiro atoms. The zero-order valence-corrected chi connectivity index (χ0v) is 24.5. The highest BCUT2D eigenvalue weighted by Crippen LogP contribution is 2.49. The fourth-order valence-electron chi connectivity index (χ4n) is 8.24. The van der Waals surface area contributed by atoms with Gasteiger partial charge in [0.15, 0.2) is 0 Å². The molecule has 0 amide bonds. The summed E-state index contributed by atoms with van der Waals surface area (Å²) in [6.45, 7) is 0.0432. The van der Waals surface area contributed by atoms with Crippen LogP contribution in [0.15, 0.2) is 139 Å². The van der Waals surface area contributed by atoms with Gasteiger partial charge >= 0.3 is 6.85 Å². The second kappa shape index (κ2) is 8.19. The Morgan fingerprint density at radius 3 is 2.23 bits per heavy atom. The van der Waals surface area contributed by atoms with Gasteiger partial charge in [-0.2, -0.15) is 0 Å². The first-order valence-corrected chi connectivity index (χ1v) is 16.1. The van der Waals surface area contributed by atoms with Crippen LogP contribution in [0.3, 0.4) is 0 Å². The Hall–Kier alpha value is -5.32. The van der Waals surface area contributed by atoms with E-state index in [1.165, 1.54) is 92.6 Å². The second-order valence-electron chi connectivity index (χ2n) is 12.1. The molecule has 0 saturated heterocycles. The molecule has 2 aliphatic heterocycles. The van der Waals surface area contributed by atoms with E-state index >= 15 is 0 Å². The lowest BCUT2D eigenvalue weighted by atomic mass is 9.44. The number of fused-ring (bicyclic) bond motifs is 12. The Labute approximate surface area is 258 Å². The zero-order valence-electron chi connectivity index (χ0n) is 23.7. The molecule has 9 aromatic rings. The predicted octanol–water partition coefficient (Wildman–Crippen LogP) is 9.73. The van der Waals surface area contributed by atoms with E-state index in [1.807, 2.05) is 11.3 Å². The molecule has 2 nitrogen and oxygen atoms in total. The standard InChI is InChI=1S/C40H23BN2S/c1-2-10-26-22-28(18-16-24(26)8-1)42-35-19-17-25-9-3-4-11-29(25)36(35)41-37-33(23-27-20-21-44-40(27)39(37)42)32-14-7-13-31-30-12-5-6-15-34(30)43(41)38(31)32/h1-23H. The van der Waals surface area contributed by atoms with E-state index in [1.54, 1.807) is 0 Å². The largest absolute Gasteiger partial charge is 0.375 e. The van der Waals surface area contributed by atoms with Crippen LogP contribution in [0.4, 0.5) is 17.1 Å². The fourth-order valence-corrected chi connectivity index (χ4v) is 9.17. The molecule has 2 aromatic heterocycles. The SMILES string of the molecule is c1ccc2cc(N3c4ccc5ccccc5c4B4c5c(cc6ccsc6c53)-c3cccc5c6ccccc6n4c35)ccc2c1. The normalized spacial score (nSPS) is 13.4. The molecule has 0 N–H and O–H groups in total. The van der Waals surface area contributed by atoms with Gasteiger partial charge in [-0.05, 0) is 85.2 Å². The zero-order chi connectivity index (χ0) is 28.5. The Bertz CT molecular complexity index is 2700. The van der Waals surface area contributed by atoms with Gasteiger partial charge in [0.1, 0.15) is 0 Å². The summed E-state index contributed by atoms with van der Waals surface area (Å²) >= 11 is 1.86. The van der Waals surface area contributed by atoms with E-state index in [-0.39, 0.29) is 6.85 Å². The van der Waals surface area contributed by atoms with Gasteiger partial charge in [0.05, 0.1) is 10.4 Å². The number of benzene rings is 7. The smallest absolute Gasteiger partial charge is 0.333 e. The van der Waals surface area contributed by atoms with Gasteiger partial charge < -0.3 is 9.38 Å². The molecule has 2 aliphatic rings. The highest BCUT2D eigenvalue weighted by molar-refractivity contribution is 7.18. The van der Waals surface area contributed by atoms with Gasteiger partial charge in [0.25, 0.3) is 0 Å². The summed E-state index contributed by atoms with van der Waals surface area (Å²) in [4.78, 5) is 2.57. The molecular formula is C40H23BN2S. The summed E-state index contributed by atoms with van der Waals surface area (Å²) in [5, 5.41) is 11.3. The number of hydrogen-bond donors (Lipinski definition) is 0. The fraction of sp³-hybridized carbons (Fsp3) is 0. The Morgan fingerprint density at radius 1 is 0.523 bits per heavy atom. The molecule has 0 aliphatic carbocycles. The van der Waals surface area contributed by atoms with Crippen molar-refractivity contribution in [1.82, 2.24) is 4.48 Å². The lowest BCUT2D eigenvalue weighted by Crippen LogP contribution is -2.57. The van der Waals surface area contributed by atoms with E-state index in [0.717, 1.165) is 0 Å². The maximum atomic E-state index is 2.66. The van der Waals surface area contributed by atoms with E-state index in [2.05, 4.69) is 148 Å². The van der Waals surface area contributed by atoms with Crippen LogP contribution in [-0.4, -0.2) is 11.3 Å². The van der Waals surface area contributed by atoms with Crippen molar-refractivity contribution in [3.63, 3.8) is 0 Å². The van der Waals surface area contributed by atoms with Crippen LogP contribution in [0.1, 0.15) is 0 Å². The predicted molar refractivity (Wildman–Crippen MR) is 190 cm³/mol. The summed E-state index contributed by atoms with van der Waals surface area (Å²) in [5.74, 6) is 0. The van der Waals surface area contributed by atoms with Crippen molar-refractivity contribution >= 4 is 99.6 Å². The Balaban J connectivity index is 1.38. The number of hydrogen-bond acceptors (Lipinski definition) is 2. The van der Waals surface area contributed by atoms with Gasteiger partial charge in [-0.1, -0.05) is 97.1 Å². The highest BCUT2D eigenvalue weighted by Gasteiger charge is 2.44. The monoisotopic (exact) mass is 574 g/mol. The summed E-state index contributed by atoms with van der Waals surface area (Å²) < 4.78 is 4.00. The minimum absolute atomic E-state index is 0.0432. The first-order valence-electron chi connectivity index (χ1n) is 15.2. The number of anilines is 3. The number of nitrogens with zero attached hydrogens (tertiary/aromatic N) is 2.